The summed E-state index contributed by atoms with van der Waals surface area (Å²) in [6.07, 6.45) is 12.2. The first-order valence-electron chi connectivity index (χ1n) is 8.41. The number of unbranched alkanes of at least 4 members (excludes halogenated alkanes) is 1. The lowest BCUT2D eigenvalue weighted by Gasteiger charge is -2.20. The van der Waals surface area contributed by atoms with E-state index in [4.69, 9.17) is 0 Å². The number of ketones is 1. The molecule has 0 aromatic heterocycles. The maximum absolute atomic E-state index is 12.2. The van der Waals surface area contributed by atoms with Crippen molar-refractivity contribution < 1.29 is 4.79 Å². The average molecular weight is 272 g/mol. The summed E-state index contributed by atoms with van der Waals surface area (Å²) in [5, 5.41) is 0. The van der Waals surface area contributed by atoms with Gasteiger partial charge in [-0.2, -0.15) is 0 Å². The summed E-state index contributed by atoms with van der Waals surface area (Å²) in [7, 11) is 0. The molecule has 1 nitrogen and oxygen atoms in total. The molecule has 20 heavy (non-hydrogen) atoms. The smallest absolute Gasteiger partial charge is 0.162 e. The van der Waals surface area contributed by atoms with E-state index in [0.717, 1.165) is 30.7 Å². The van der Waals surface area contributed by atoms with E-state index in [1.807, 2.05) is 12.1 Å². The molecule has 1 aliphatic rings. The van der Waals surface area contributed by atoms with Gasteiger partial charge in [0.25, 0.3) is 0 Å². The predicted octanol–water partition coefficient (Wildman–Crippen LogP) is 5.57. The highest BCUT2D eigenvalue weighted by Gasteiger charge is 2.15. The van der Waals surface area contributed by atoms with Crippen LogP contribution in [0.25, 0.3) is 0 Å². The zero-order valence-corrected chi connectivity index (χ0v) is 12.9. The van der Waals surface area contributed by atoms with Crippen molar-refractivity contribution in [3.8, 4) is 0 Å². The summed E-state index contributed by atoms with van der Waals surface area (Å²) < 4.78 is 0. The summed E-state index contributed by atoms with van der Waals surface area (Å²) in [5.41, 5.74) is 2.26. The second kappa shape index (κ2) is 8.24. The van der Waals surface area contributed by atoms with Crippen molar-refractivity contribution in [2.45, 2.75) is 71.1 Å². The molecule has 1 heteroatoms. The van der Waals surface area contributed by atoms with Crippen LogP contribution in [0.4, 0.5) is 0 Å². The first kappa shape index (κ1) is 15.3. The van der Waals surface area contributed by atoms with Crippen molar-refractivity contribution in [2.24, 2.45) is 5.92 Å². The molecule has 2 rings (SSSR count). The zero-order valence-electron chi connectivity index (χ0n) is 12.9. The number of carbonyl (C=O) groups is 1. The van der Waals surface area contributed by atoms with Crippen LogP contribution in [0.3, 0.4) is 0 Å². The lowest BCUT2D eigenvalue weighted by Crippen LogP contribution is -2.09. The second-order valence-corrected chi connectivity index (χ2v) is 6.27. The van der Waals surface area contributed by atoms with Gasteiger partial charge < -0.3 is 0 Å². The van der Waals surface area contributed by atoms with Gasteiger partial charge >= 0.3 is 0 Å². The highest BCUT2D eigenvalue weighted by atomic mass is 16.1. The van der Waals surface area contributed by atoms with Gasteiger partial charge in [0.1, 0.15) is 0 Å². The predicted molar refractivity (Wildman–Crippen MR) is 85.2 cm³/mol. The molecule has 1 fully saturated rings. The Hall–Kier alpha value is -1.11. The van der Waals surface area contributed by atoms with Gasteiger partial charge in [-0.3, -0.25) is 4.79 Å². The monoisotopic (exact) mass is 272 g/mol. The third kappa shape index (κ3) is 4.77. The van der Waals surface area contributed by atoms with E-state index in [0.29, 0.717) is 5.78 Å². The Labute approximate surface area is 123 Å². The number of aryl methyl sites for hydroxylation is 1. The molecule has 0 amide bonds. The van der Waals surface area contributed by atoms with Gasteiger partial charge in [0.15, 0.2) is 5.78 Å². The molecule has 0 atom stereocenters. The van der Waals surface area contributed by atoms with Crippen LogP contribution >= 0.6 is 0 Å². The fourth-order valence-electron chi connectivity index (χ4n) is 3.19. The number of rotatable bonds is 7. The Morgan fingerprint density at radius 3 is 2.45 bits per heavy atom. The SMILES string of the molecule is CCCCc1ccc(C(=O)CCC2CCCCC2)cc1. The molecule has 110 valence electrons. The minimum absolute atomic E-state index is 0.331. The van der Waals surface area contributed by atoms with Gasteiger partial charge in [0, 0.05) is 12.0 Å². The highest BCUT2D eigenvalue weighted by Crippen LogP contribution is 2.27. The summed E-state index contributed by atoms with van der Waals surface area (Å²) in [6.45, 7) is 2.21. The van der Waals surface area contributed by atoms with E-state index in [1.165, 1.54) is 50.5 Å². The van der Waals surface area contributed by atoms with Crippen molar-refractivity contribution in [1.29, 1.82) is 0 Å². The number of benzene rings is 1. The van der Waals surface area contributed by atoms with E-state index in [1.54, 1.807) is 0 Å². The standard InChI is InChI=1S/C19H28O/c1-2-3-7-17-10-13-18(14-11-17)19(20)15-12-16-8-5-4-6-9-16/h10-11,13-14,16H,2-9,12,15H2,1H3. The second-order valence-electron chi connectivity index (χ2n) is 6.27. The van der Waals surface area contributed by atoms with Gasteiger partial charge in [0.2, 0.25) is 0 Å². The van der Waals surface area contributed by atoms with Crippen LogP contribution < -0.4 is 0 Å². The molecular formula is C19H28O. The fourth-order valence-corrected chi connectivity index (χ4v) is 3.19. The normalized spacial score (nSPS) is 16.2. The van der Waals surface area contributed by atoms with E-state index in [9.17, 15) is 4.79 Å². The lowest BCUT2D eigenvalue weighted by atomic mass is 9.85. The third-order valence-corrected chi connectivity index (χ3v) is 4.60. The summed E-state index contributed by atoms with van der Waals surface area (Å²) in [5.74, 6) is 1.13. The minimum atomic E-state index is 0.331. The van der Waals surface area contributed by atoms with Crippen LogP contribution in [0.2, 0.25) is 0 Å². The molecule has 0 N–H and O–H groups in total. The molecule has 0 aliphatic heterocycles. The van der Waals surface area contributed by atoms with Crippen LogP contribution in [-0.2, 0) is 6.42 Å². The van der Waals surface area contributed by atoms with Crippen molar-refractivity contribution in [1.82, 2.24) is 0 Å². The van der Waals surface area contributed by atoms with Crippen molar-refractivity contribution in [3.63, 3.8) is 0 Å². The van der Waals surface area contributed by atoms with Gasteiger partial charge in [-0.15, -0.1) is 0 Å². The first-order valence-corrected chi connectivity index (χ1v) is 8.41. The lowest BCUT2D eigenvalue weighted by molar-refractivity contribution is 0.0970. The first-order chi connectivity index (χ1) is 9.79. The molecule has 0 unspecified atom stereocenters. The van der Waals surface area contributed by atoms with Crippen LogP contribution in [0, 0.1) is 5.92 Å². The summed E-state index contributed by atoms with van der Waals surface area (Å²) in [4.78, 5) is 12.2. The molecule has 0 bridgehead atoms. The topological polar surface area (TPSA) is 17.1 Å². The van der Waals surface area contributed by atoms with Gasteiger partial charge in [-0.25, -0.2) is 0 Å². The number of hydrogen-bond donors (Lipinski definition) is 0. The molecule has 1 aromatic rings. The van der Waals surface area contributed by atoms with E-state index in [2.05, 4.69) is 19.1 Å². The van der Waals surface area contributed by atoms with Gasteiger partial charge in [-0.1, -0.05) is 69.7 Å². The quantitative estimate of drug-likeness (QED) is 0.593. The van der Waals surface area contributed by atoms with Crippen LogP contribution in [0.15, 0.2) is 24.3 Å². The van der Waals surface area contributed by atoms with Gasteiger partial charge in [0.05, 0.1) is 0 Å². The van der Waals surface area contributed by atoms with E-state index < -0.39 is 0 Å². The largest absolute Gasteiger partial charge is 0.294 e. The van der Waals surface area contributed by atoms with Crippen LogP contribution in [0.1, 0.15) is 80.6 Å². The molecule has 1 aliphatic carbocycles. The van der Waals surface area contributed by atoms with Crippen molar-refractivity contribution >= 4 is 5.78 Å². The van der Waals surface area contributed by atoms with E-state index in [-0.39, 0.29) is 0 Å². The maximum Gasteiger partial charge on any atom is 0.162 e. The number of hydrogen-bond acceptors (Lipinski definition) is 1. The fraction of sp³-hybridized carbons (Fsp3) is 0.632. The molecule has 1 saturated carbocycles. The Kier molecular flexibility index (Phi) is 6.29. The Bertz CT molecular complexity index is 398. The van der Waals surface area contributed by atoms with Crippen LogP contribution in [-0.4, -0.2) is 5.78 Å². The highest BCUT2D eigenvalue weighted by molar-refractivity contribution is 5.96. The maximum atomic E-state index is 12.2. The van der Waals surface area contributed by atoms with Crippen LogP contribution in [0.5, 0.6) is 0 Å². The molecule has 0 spiro atoms. The Morgan fingerprint density at radius 2 is 1.80 bits per heavy atom. The third-order valence-electron chi connectivity index (χ3n) is 4.60. The van der Waals surface area contributed by atoms with Gasteiger partial charge in [-0.05, 0) is 30.7 Å². The van der Waals surface area contributed by atoms with Crippen molar-refractivity contribution in [3.05, 3.63) is 35.4 Å². The molecule has 1 aromatic carbocycles. The minimum Gasteiger partial charge on any atom is -0.294 e. The Morgan fingerprint density at radius 1 is 1.10 bits per heavy atom. The molecular weight excluding hydrogens is 244 g/mol. The summed E-state index contributed by atoms with van der Waals surface area (Å²) >= 11 is 0. The van der Waals surface area contributed by atoms with E-state index >= 15 is 0 Å². The number of Topliss-reactive ketones (excluding diaryl/α,β-unsaturated/α-hetero) is 1. The molecule has 0 saturated heterocycles. The summed E-state index contributed by atoms with van der Waals surface area (Å²) in [6, 6.07) is 8.30. The Balaban J connectivity index is 1.79. The zero-order chi connectivity index (χ0) is 14.2. The number of carbonyl (C=O) groups excluding carboxylic acids is 1. The molecule has 0 radical (unpaired) electrons. The molecule has 0 heterocycles. The van der Waals surface area contributed by atoms with Crippen molar-refractivity contribution in [2.75, 3.05) is 0 Å². The average Bonchev–Trinajstić information content (AvgIpc) is 2.52.